The SMILES string of the molecule is COC(=O)N(C(C)=O)C1CCCNC1. The fourth-order valence-corrected chi connectivity index (χ4v) is 1.69. The maximum atomic E-state index is 11.3. The lowest BCUT2D eigenvalue weighted by Gasteiger charge is -2.31. The van der Waals surface area contributed by atoms with Gasteiger partial charge in [0.05, 0.1) is 13.2 Å². The molecule has 1 rings (SSSR count). The van der Waals surface area contributed by atoms with Crippen LogP contribution in [0.25, 0.3) is 0 Å². The molecule has 0 bridgehead atoms. The van der Waals surface area contributed by atoms with E-state index in [-0.39, 0.29) is 11.9 Å². The van der Waals surface area contributed by atoms with Gasteiger partial charge in [-0.1, -0.05) is 0 Å². The molecule has 0 aliphatic carbocycles. The highest BCUT2D eigenvalue weighted by Gasteiger charge is 2.28. The first-order valence-electron chi connectivity index (χ1n) is 4.75. The van der Waals surface area contributed by atoms with Crippen LogP contribution in [0.5, 0.6) is 0 Å². The highest BCUT2D eigenvalue weighted by Crippen LogP contribution is 2.11. The van der Waals surface area contributed by atoms with Gasteiger partial charge in [0, 0.05) is 13.5 Å². The van der Waals surface area contributed by atoms with E-state index in [0.717, 1.165) is 19.4 Å². The third-order valence-electron chi connectivity index (χ3n) is 2.35. The van der Waals surface area contributed by atoms with Crippen molar-refractivity contribution in [2.24, 2.45) is 0 Å². The highest BCUT2D eigenvalue weighted by atomic mass is 16.5. The maximum absolute atomic E-state index is 11.3. The van der Waals surface area contributed by atoms with Crippen LogP contribution >= 0.6 is 0 Å². The maximum Gasteiger partial charge on any atom is 0.416 e. The van der Waals surface area contributed by atoms with Gasteiger partial charge in [-0.05, 0) is 19.4 Å². The van der Waals surface area contributed by atoms with Crippen molar-refractivity contribution in [2.45, 2.75) is 25.8 Å². The van der Waals surface area contributed by atoms with E-state index in [0.29, 0.717) is 6.54 Å². The molecule has 0 aromatic rings. The van der Waals surface area contributed by atoms with Crippen molar-refractivity contribution >= 4 is 12.0 Å². The Balaban J connectivity index is 2.65. The first kappa shape index (κ1) is 11.0. The Morgan fingerprint density at radius 3 is 2.64 bits per heavy atom. The highest BCUT2D eigenvalue weighted by molar-refractivity contribution is 5.90. The second-order valence-corrected chi connectivity index (χ2v) is 3.36. The molecule has 14 heavy (non-hydrogen) atoms. The third kappa shape index (κ3) is 2.45. The molecule has 1 atom stereocenters. The number of hydrogen-bond donors (Lipinski definition) is 1. The molecule has 80 valence electrons. The number of ether oxygens (including phenoxy) is 1. The van der Waals surface area contributed by atoms with Gasteiger partial charge in [0.2, 0.25) is 5.91 Å². The number of hydrogen-bond acceptors (Lipinski definition) is 4. The molecule has 1 aliphatic rings. The van der Waals surface area contributed by atoms with Gasteiger partial charge >= 0.3 is 6.09 Å². The third-order valence-corrected chi connectivity index (χ3v) is 2.35. The number of nitrogens with zero attached hydrogens (tertiary/aromatic N) is 1. The zero-order chi connectivity index (χ0) is 10.6. The van der Waals surface area contributed by atoms with Crippen LogP contribution in [0.1, 0.15) is 19.8 Å². The predicted octanol–water partition coefficient (Wildman–Crippen LogP) is 0.353. The number of carbonyl (C=O) groups excluding carboxylic acids is 2. The van der Waals surface area contributed by atoms with E-state index in [1.165, 1.54) is 18.9 Å². The van der Waals surface area contributed by atoms with Crippen molar-refractivity contribution in [3.63, 3.8) is 0 Å². The van der Waals surface area contributed by atoms with Crippen molar-refractivity contribution in [1.29, 1.82) is 0 Å². The molecule has 1 saturated heterocycles. The predicted molar refractivity (Wildman–Crippen MR) is 50.8 cm³/mol. The fourth-order valence-electron chi connectivity index (χ4n) is 1.69. The molecule has 5 heteroatoms. The molecule has 1 unspecified atom stereocenters. The van der Waals surface area contributed by atoms with Gasteiger partial charge in [-0.2, -0.15) is 0 Å². The minimum Gasteiger partial charge on any atom is -0.452 e. The zero-order valence-corrected chi connectivity index (χ0v) is 8.58. The van der Waals surface area contributed by atoms with Crippen LogP contribution in [0.2, 0.25) is 0 Å². The summed E-state index contributed by atoms with van der Waals surface area (Å²) >= 11 is 0. The Kier molecular flexibility index (Phi) is 3.88. The lowest BCUT2D eigenvalue weighted by Crippen LogP contribution is -2.50. The average molecular weight is 200 g/mol. The van der Waals surface area contributed by atoms with Crippen LogP contribution < -0.4 is 5.32 Å². The molecule has 1 aliphatic heterocycles. The monoisotopic (exact) mass is 200 g/mol. The lowest BCUT2D eigenvalue weighted by molar-refractivity contribution is -0.129. The summed E-state index contributed by atoms with van der Waals surface area (Å²) in [6.45, 7) is 2.99. The molecule has 0 aromatic carbocycles. The number of imide groups is 1. The van der Waals surface area contributed by atoms with Gasteiger partial charge in [-0.25, -0.2) is 9.69 Å². The topological polar surface area (TPSA) is 58.6 Å². The molecule has 1 N–H and O–H groups in total. The number of carbonyl (C=O) groups is 2. The van der Waals surface area contributed by atoms with Crippen LogP contribution in [-0.4, -0.2) is 43.1 Å². The molecule has 0 spiro atoms. The van der Waals surface area contributed by atoms with Crippen LogP contribution in [0.4, 0.5) is 4.79 Å². The molecule has 0 aromatic heterocycles. The number of rotatable bonds is 1. The largest absolute Gasteiger partial charge is 0.452 e. The summed E-state index contributed by atoms with van der Waals surface area (Å²) in [5.74, 6) is -0.259. The molecule has 1 fully saturated rings. The molecule has 0 radical (unpaired) electrons. The molecular weight excluding hydrogens is 184 g/mol. The summed E-state index contributed by atoms with van der Waals surface area (Å²) < 4.78 is 4.57. The molecular formula is C9H16N2O3. The second kappa shape index (κ2) is 4.95. The van der Waals surface area contributed by atoms with Crippen molar-refractivity contribution in [3.05, 3.63) is 0 Å². The summed E-state index contributed by atoms with van der Waals surface area (Å²) in [5, 5.41) is 3.15. The van der Waals surface area contributed by atoms with E-state index in [1.807, 2.05) is 0 Å². The van der Waals surface area contributed by atoms with Crippen molar-refractivity contribution in [2.75, 3.05) is 20.2 Å². The van der Waals surface area contributed by atoms with E-state index in [9.17, 15) is 9.59 Å². The molecule has 1 heterocycles. The minimum absolute atomic E-state index is 0.0614. The second-order valence-electron chi connectivity index (χ2n) is 3.36. The standard InChI is InChI=1S/C9H16N2O3/c1-7(12)11(9(13)14-2)8-4-3-5-10-6-8/h8,10H,3-6H2,1-2H3. The lowest BCUT2D eigenvalue weighted by atomic mass is 10.1. The molecule has 5 nitrogen and oxygen atoms in total. The van der Waals surface area contributed by atoms with E-state index in [4.69, 9.17) is 0 Å². The van der Waals surface area contributed by atoms with Gasteiger partial charge in [0.1, 0.15) is 0 Å². The normalized spacial score (nSPS) is 21.4. The van der Waals surface area contributed by atoms with Gasteiger partial charge < -0.3 is 10.1 Å². The van der Waals surface area contributed by atoms with Gasteiger partial charge in [0.15, 0.2) is 0 Å². The Morgan fingerprint density at radius 2 is 2.21 bits per heavy atom. The quantitative estimate of drug-likeness (QED) is 0.663. The first-order chi connectivity index (χ1) is 6.66. The number of methoxy groups -OCH3 is 1. The van der Waals surface area contributed by atoms with Crippen LogP contribution in [0.3, 0.4) is 0 Å². The Hall–Kier alpha value is -1.10. The van der Waals surface area contributed by atoms with E-state index >= 15 is 0 Å². The van der Waals surface area contributed by atoms with Gasteiger partial charge in [-0.3, -0.25) is 4.79 Å². The smallest absolute Gasteiger partial charge is 0.416 e. The van der Waals surface area contributed by atoms with E-state index in [1.54, 1.807) is 0 Å². The van der Waals surface area contributed by atoms with E-state index < -0.39 is 6.09 Å². The summed E-state index contributed by atoms with van der Waals surface area (Å²) in [6.07, 6.45) is 1.26. The Bertz CT molecular complexity index is 224. The minimum atomic E-state index is -0.564. The van der Waals surface area contributed by atoms with Crippen molar-refractivity contribution in [1.82, 2.24) is 10.2 Å². The average Bonchev–Trinajstić information content (AvgIpc) is 2.19. The van der Waals surface area contributed by atoms with Gasteiger partial charge in [-0.15, -0.1) is 0 Å². The molecule has 2 amide bonds. The number of amides is 2. The first-order valence-corrected chi connectivity index (χ1v) is 4.75. The number of nitrogens with one attached hydrogen (secondary N) is 1. The van der Waals surface area contributed by atoms with Crippen molar-refractivity contribution < 1.29 is 14.3 Å². The van der Waals surface area contributed by atoms with Crippen LogP contribution in [-0.2, 0) is 9.53 Å². The van der Waals surface area contributed by atoms with Crippen molar-refractivity contribution in [3.8, 4) is 0 Å². The Morgan fingerprint density at radius 1 is 1.50 bits per heavy atom. The summed E-state index contributed by atoms with van der Waals surface area (Å²) in [6, 6.07) is -0.0614. The van der Waals surface area contributed by atoms with Gasteiger partial charge in [0.25, 0.3) is 0 Å². The zero-order valence-electron chi connectivity index (χ0n) is 8.58. The summed E-state index contributed by atoms with van der Waals surface area (Å²) in [4.78, 5) is 23.7. The van der Waals surface area contributed by atoms with Crippen LogP contribution in [0.15, 0.2) is 0 Å². The fraction of sp³-hybridized carbons (Fsp3) is 0.778. The number of piperidine rings is 1. The summed E-state index contributed by atoms with van der Waals surface area (Å²) in [7, 11) is 1.29. The Labute approximate surface area is 83.4 Å². The van der Waals surface area contributed by atoms with E-state index in [2.05, 4.69) is 10.1 Å². The molecule has 0 saturated carbocycles. The van der Waals surface area contributed by atoms with Crippen LogP contribution in [0, 0.1) is 0 Å². The summed E-state index contributed by atoms with van der Waals surface area (Å²) in [5.41, 5.74) is 0.